The van der Waals surface area contributed by atoms with Crippen molar-refractivity contribution < 1.29 is 0 Å². The summed E-state index contributed by atoms with van der Waals surface area (Å²) in [5, 5.41) is 1.59. The maximum absolute atomic E-state index is 6.03. The second-order valence-corrected chi connectivity index (χ2v) is 4.67. The van der Waals surface area contributed by atoms with Crippen LogP contribution in [-0.2, 0) is 0 Å². The average molecular weight is 251 g/mol. The third-order valence-corrected chi connectivity index (χ3v) is 2.90. The van der Waals surface area contributed by atoms with E-state index in [1.54, 1.807) is 0 Å². The van der Waals surface area contributed by atoms with Crippen LogP contribution in [0.1, 0.15) is 16.8 Å². The first-order valence-electron chi connectivity index (χ1n) is 4.86. The van der Waals surface area contributed by atoms with E-state index in [1.807, 2.05) is 32.0 Å². The van der Waals surface area contributed by atoms with Gasteiger partial charge in [0.1, 0.15) is 4.99 Å². The van der Waals surface area contributed by atoms with Crippen LogP contribution in [0.4, 0.5) is 0 Å². The van der Waals surface area contributed by atoms with Gasteiger partial charge in [-0.05, 0) is 37.6 Å². The van der Waals surface area contributed by atoms with Gasteiger partial charge in [-0.1, -0.05) is 23.8 Å². The predicted octanol–water partition coefficient (Wildman–Crippen LogP) is 3.14. The van der Waals surface area contributed by atoms with E-state index in [2.05, 4.69) is 4.98 Å². The normalized spacial score (nSPS) is 10.7. The molecule has 0 aliphatic rings. The molecule has 1 aromatic carbocycles. The molecule has 0 unspecified atom stereocenters. The maximum atomic E-state index is 6.03. The minimum absolute atomic E-state index is 0.372. The van der Waals surface area contributed by atoms with Crippen molar-refractivity contribution in [2.45, 2.75) is 13.8 Å². The van der Waals surface area contributed by atoms with Crippen LogP contribution >= 0.6 is 23.8 Å². The van der Waals surface area contributed by atoms with E-state index >= 15 is 0 Å². The summed E-state index contributed by atoms with van der Waals surface area (Å²) in [7, 11) is 0. The summed E-state index contributed by atoms with van der Waals surface area (Å²) in [6.07, 6.45) is 0. The summed E-state index contributed by atoms with van der Waals surface area (Å²) in [5.41, 5.74) is 9.39. The molecule has 0 spiro atoms. The molecule has 0 atom stereocenters. The monoisotopic (exact) mass is 250 g/mol. The molecule has 1 heterocycles. The van der Waals surface area contributed by atoms with Crippen LogP contribution in [0, 0.1) is 13.8 Å². The summed E-state index contributed by atoms with van der Waals surface area (Å²) < 4.78 is 0. The second-order valence-electron chi connectivity index (χ2n) is 3.79. The van der Waals surface area contributed by atoms with Crippen molar-refractivity contribution in [2.75, 3.05) is 0 Å². The fraction of sp³-hybridized carbons (Fsp3) is 0.167. The topological polar surface area (TPSA) is 38.9 Å². The smallest absolute Gasteiger partial charge is 0.104 e. The van der Waals surface area contributed by atoms with Crippen LogP contribution in [0.3, 0.4) is 0 Å². The van der Waals surface area contributed by atoms with Crippen molar-refractivity contribution in [1.82, 2.24) is 4.98 Å². The number of fused-ring (bicyclic) bond motifs is 1. The Morgan fingerprint density at radius 1 is 1.31 bits per heavy atom. The zero-order valence-electron chi connectivity index (χ0n) is 9.04. The minimum Gasteiger partial charge on any atom is -0.389 e. The molecular weight excluding hydrogens is 240 g/mol. The highest BCUT2D eigenvalue weighted by Gasteiger charge is 2.09. The zero-order valence-corrected chi connectivity index (χ0v) is 10.6. The molecule has 2 nitrogen and oxygen atoms in total. The molecular formula is C12H11ClN2S. The fourth-order valence-corrected chi connectivity index (χ4v) is 2.23. The van der Waals surface area contributed by atoms with Crippen molar-refractivity contribution >= 4 is 39.7 Å². The second kappa shape index (κ2) is 4.00. The number of hydrogen-bond donors (Lipinski definition) is 1. The Hall–Kier alpha value is -1.19. The molecule has 82 valence electrons. The standard InChI is InChI=1S/C12H11ClN2S/c1-6-3-8(13)5-9-10(12(14)16)4-7(2)15-11(6)9/h3-5H,1-2H3,(H2,14,16). The third kappa shape index (κ3) is 1.88. The van der Waals surface area contributed by atoms with Crippen LogP contribution in [0.2, 0.25) is 5.02 Å². The highest BCUT2D eigenvalue weighted by atomic mass is 35.5. The molecule has 2 N–H and O–H groups in total. The van der Waals surface area contributed by atoms with E-state index < -0.39 is 0 Å². The third-order valence-electron chi connectivity index (χ3n) is 2.46. The molecule has 0 radical (unpaired) electrons. The Labute approximate surface area is 104 Å². The number of nitrogens with two attached hydrogens (primary N) is 1. The van der Waals surface area contributed by atoms with Crippen LogP contribution in [0.25, 0.3) is 10.9 Å². The van der Waals surface area contributed by atoms with E-state index in [0.29, 0.717) is 10.0 Å². The van der Waals surface area contributed by atoms with Gasteiger partial charge in [0, 0.05) is 21.7 Å². The number of hydrogen-bond acceptors (Lipinski definition) is 2. The van der Waals surface area contributed by atoms with Gasteiger partial charge in [0.15, 0.2) is 0 Å². The molecule has 1 aromatic heterocycles. The molecule has 0 aliphatic carbocycles. The Morgan fingerprint density at radius 2 is 2.00 bits per heavy atom. The van der Waals surface area contributed by atoms with Gasteiger partial charge >= 0.3 is 0 Å². The van der Waals surface area contributed by atoms with E-state index in [1.165, 1.54) is 0 Å². The number of aryl methyl sites for hydroxylation is 2. The summed E-state index contributed by atoms with van der Waals surface area (Å²) in [6, 6.07) is 5.63. The Kier molecular flexibility index (Phi) is 2.82. The molecule has 16 heavy (non-hydrogen) atoms. The van der Waals surface area contributed by atoms with Crippen molar-refractivity contribution in [3.8, 4) is 0 Å². The first-order chi connectivity index (χ1) is 7.49. The van der Waals surface area contributed by atoms with Crippen molar-refractivity contribution in [1.29, 1.82) is 0 Å². The molecule has 0 amide bonds. The molecule has 0 saturated carbocycles. The van der Waals surface area contributed by atoms with E-state index in [0.717, 1.165) is 27.7 Å². The van der Waals surface area contributed by atoms with Gasteiger partial charge < -0.3 is 5.73 Å². The van der Waals surface area contributed by atoms with Crippen LogP contribution in [0.15, 0.2) is 18.2 Å². The number of nitrogens with zero attached hydrogens (tertiary/aromatic N) is 1. The SMILES string of the molecule is Cc1cc(C(N)=S)c2cc(Cl)cc(C)c2n1. The molecule has 2 aromatic rings. The van der Waals surface area contributed by atoms with Crippen LogP contribution in [-0.4, -0.2) is 9.97 Å². The lowest BCUT2D eigenvalue weighted by atomic mass is 10.0. The summed E-state index contributed by atoms with van der Waals surface area (Å²) >= 11 is 11.1. The summed E-state index contributed by atoms with van der Waals surface area (Å²) in [5.74, 6) is 0. The number of pyridine rings is 1. The Balaban J connectivity index is 2.95. The minimum atomic E-state index is 0.372. The first kappa shape index (κ1) is 11.3. The maximum Gasteiger partial charge on any atom is 0.104 e. The van der Waals surface area contributed by atoms with Crippen LogP contribution in [0.5, 0.6) is 0 Å². The highest BCUT2D eigenvalue weighted by molar-refractivity contribution is 7.80. The van der Waals surface area contributed by atoms with Gasteiger partial charge in [0.2, 0.25) is 0 Å². The van der Waals surface area contributed by atoms with Gasteiger partial charge in [-0.15, -0.1) is 0 Å². The molecule has 0 saturated heterocycles. The molecule has 2 rings (SSSR count). The quantitative estimate of drug-likeness (QED) is 0.791. The molecule has 0 fully saturated rings. The zero-order chi connectivity index (χ0) is 11.9. The fourth-order valence-electron chi connectivity index (χ4n) is 1.79. The number of thiocarbonyl (C=S) groups is 1. The van der Waals surface area contributed by atoms with Gasteiger partial charge in [-0.3, -0.25) is 4.98 Å². The lowest BCUT2D eigenvalue weighted by Gasteiger charge is -2.09. The van der Waals surface area contributed by atoms with Crippen molar-refractivity contribution in [2.24, 2.45) is 5.73 Å². The summed E-state index contributed by atoms with van der Waals surface area (Å²) in [6.45, 7) is 3.90. The van der Waals surface area contributed by atoms with E-state index in [9.17, 15) is 0 Å². The van der Waals surface area contributed by atoms with E-state index in [-0.39, 0.29) is 0 Å². The average Bonchev–Trinajstić information content (AvgIpc) is 2.18. The van der Waals surface area contributed by atoms with Crippen LogP contribution < -0.4 is 5.73 Å². The molecule has 0 aliphatic heterocycles. The number of halogens is 1. The highest BCUT2D eigenvalue weighted by Crippen LogP contribution is 2.25. The number of benzene rings is 1. The Morgan fingerprint density at radius 3 is 2.62 bits per heavy atom. The van der Waals surface area contributed by atoms with Gasteiger partial charge in [0.25, 0.3) is 0 Å². The largest absolute Gasteiger partial charge is 0.389 e. The number of aromatic nitrogens is 1. The lowest BCUT2D eigenvalue weighted by molar-refractivity contribution is 1.24. The molecule has 0 bridgehead atoms. The van der Waals surface area contributed by atoms with Crippen molar-refractivity contribution in [3.05, 3.63) is 40.0 Å². The number of rotatable bonds is 1. The summed E-state index contributed by atoms with van der Waals surface area (Å²) in [4.78, 5) is 4.86. The van der Waals surface area contributed by atoms with Gasteiger partial charge in [-0.2, -0.15) is 0 Å². The lowest BCUT2D eigenvalue weighted by Crippen LogP contribution is -2.11. The van der Waals surface area contributed by atoms with Gasteiger partial charge in [0.05, 0.1) is 5.52 Å². The van der Waals surface area contributed by atoms with E-state index in [4.69, 9.17) is 29.6 Å². The molecule has 4 heteroatoms. The predicted molar refractivity (Wildman–Crippen MR) is 72.1 cm³/mol. The Bertz CT molecular complexity index is 593. The van der Waals surface area contributed by atoms with Gasteiger partial charge in [-0.25, -0.2) is 0 Å². The van der Waals surface area contributed by atoms with Crippen molar-refractivity contribution in [3.63, 3.8) is 0 Å². The first-order valence-corrected chi connectivity index (χ1v) is 5.65.